The number of benzene rings is 1. The summed E-state index contributed by atoms with van der Waals surface area (Å²) in [6, 6.07) is 5.46. The summed E-state index contributed by atoms with van der Waals surface area (Å²) in [4.78, 5) is 13.0. The van der Waals surface area contributed by atoms with Crippen molar-refractivity contribution in [2.75, 3.05) is 20.6 Å². The van der Waals surface area contributed by atoms with Gasteiger partial charge in [0.1, 0.15) is 5.75 Å². The molecular weight excluding hydrogens is 204 g/mol. The molecule has 0 aromatic heterocycles. The van der Waals surface area contributed by atoms with Crippen LogP contribution in [0.4, 0.5) is 0 Å². The van der Waals surface area contributed by atoms with Crippen LogP contribution < -0.4 is 5.32 Å². The molecule has 1 amide bonds. The Labute approximate surface area is 95.9 Å². The predicted octanol–water partition coefficient (Wildman–Crippen LogP) is 0.878. The van der Waals surface area contributed by atoms with Gasteiger partial charge in [0.15, 0.2) is 0 Å². The SMILES string of the molecule is CNC(=O)CN(C)Cc1cc(C)ccc1O. The molecule has 0 radical (unpaired) electrons. The van der Waals surface area contributed by atoms with Crippen LogP contribution in [-0.2, 0) is 11.3 Å². The largest absolute Gasteiger partial charge is 0.508 e. The van der Waals surface area contributed by atoms with Gasteiger partial charge in [-0.1, -0.05) is 17.7 Å². The Hall–Kier alpha value is -1.55. The Morgan fingerprint density at radius 2 is 2.19 bits per heavy atom. The first-order valence-corrected chi connectivity index (χ1v) is 5.20. The number of aromatic hydroxyl groups is 1. The van der Waals surface area contributed by atoms with Crippen molar-refractivity contribution in [2.24, 2.45) is 0 Å². The average Bonchev–Trinajstić information content (AvgIpc) is 2.23. The van der Waals surface area contributed by atoms with Crippen LogP contribution in [0.5, 0.6) is 5.75 Å². The van der Waals surface area contributed by atoms with Gasteiger partial charge in [0.05, 0.1) is 6.54 Å². The number of hydrogen-bond donors (Lipinski definition) is 2. The molecule has 0 saturated carbocycles. The minimum absolute atomic E-state index is 0.0327. The van der Waals surface area contributed by atoms with Crippen LogP contribution in [0.2, 0.25) is 0 Å². The van der Waals surface area contributed by atoms with Crippen molar-refractivity contribution in [3.05, 3.63) is 29.3 Å². The molecule has 1 rings (SSSR count). The number of aryl methyl sites for hydroxylation is 1. The summed E-state index contributed by atoms with van der Waals surface area (Å²) in [7, 11) is 3.46. The van der Waals surface area contributed by atoms with Gasteiger partial charge in [-0.2, -0.15) is 0 Å². The van der Waals surface area contributed by atoms with Gasteiger partial charge >= 0.3 is 0 Å². The molecule has 0 fully saturated rings. The van der Waals surface area contributed by atoms with E-state index in [1.54, 1.807) is 13.1 Å². The first kappa shape index (κ1) is 12.5. The second-order valence-electron chi connectivity index (χ2n) is 3.98. The highest BCUT2D eigenvalue weighted by molar-refractivity contribution is 5.77. The molecule has 0 saturated heterocycles. The number of carbonyl (C=O) groups is 1. The zero-order valence-corrected chi connectivity index (χ0v) is 9.95. The molecule has 16 heavy (non-hydrogen) atoms. The van der Waals surface area contributed by atoms with Crippen LogP contribution in [0, 0.1) is 6.92 Å². The third kappa shape index (κ3) is 3.55. The van der Waals surface area contributed by atoms with Crippen molar-refractivity contribution in [3.63, 3.8) is 0 Å². The Morgan fingerprint density at radius 3 is 2.81 bits per heavy atom. The maximum absolute atomic E-state index is 11.1. The maximum atomic E-state index is 11.1. The Balaban J connectivity index is 2.65. The fourth-order valence-electron chi connectivity index (χ4n) is 1.51. The molecule has 0 spiro atoms. The lowest BCUT2D eigenvalue weighted by Gasteiger charge is -2.16. The molecule has 0 aliphatic heterocycles. The molecule has 2 N–H and O–H groups in total. The minimum atomic E-state index is -0.0327. The van der Waals surface area contributed by atoms with Crippen LogP contribution in [-0.4, -0.2) is 36.6 Å². The van der Waals surface area contributed by atoms with Gasteiger partial charge in [-0.3, -0.25) is 9.69 Å². The van der Waals surface area contributed by atoms with Crippen LogP contribution in [0.1, 0.15) is 11.1 Å². The minimum Gasteiger partial charge on any atom is -0.508 e. The number of nitrogens with zero attached hydrogens (tertiary/aromatic N) is 1. The first-order valence-electron chi connectivity index (χ1n) is 5.20. The molecule has 0 unspecified atom stereocenters. The molecular formula is C12H18N2O2. The number of nitrogens with one attached hydrogen (secondary N) is 1. The molecule has 0 heterocycles. The molecule has 4 nitrogen and oxygen atoms in total. The summed E-state index contributed by atoms with van der Waals surface area (Å²) in [5, 5.41) is 12.2. The monoisotopic (exact) mass is 222 g/mol. The number of carbonyl (C=O) groups excluding carboxylic acids is 1. The lowest BCUT2D eigenvalue weighted by Crippen LogP contribution is -2.32. The van der Waals surface area contributed by atoms with Gasteiger partial charge in [0, 0.05) is 19.2 Å². The summed E-state index contributed by atoms with van der Waals surface area (Å²) in [6.07, 6.45) is 0. The molecule has 0 bridgehead atoms. The molecule has 4 heteroatoms. The highest BCUT2D eigenvalue weighted by Gasteiger charge is 2.08. The zero-order valence-electron chi connectivity index (χ0n) is 9.95. The first-order chi connectivity index (χ1) is 7.52. The predicted molar refractivity (Wildman–Crippen MR) is 63.2 cm³/mol. The third-order valence-corrected chi connectivity index (χ3v) is 2.37. The fourth-order valence-corrected chi connectivity index (χ4v) is 1.51. The van der Waals surface area contributed by atoms with Crippen LogP contribution >= 0.6 is 0 Å². The smallest absolute Gasteiger partial charge is 0.233 e. The van der Waals surface area contributed by atoms with Crippen LogP contribution in [0.15, 0.2) is 18.2 Å². The number of rotatable bonds is 4. The normalized spacial score (nSPS) is 10.5. The van der Waals surface area contributed by atoms with Gasteiger partial charge in [0.2, 0.25) is 5.91 Å². The maximum Gasteiger partial charge on any atom is 0.233 e. The second-order valence-corrected chi connectivity index (χ2v) is 3.98. The summed E-state index contributed by atoms with van der Waals surface area (Å²) >= 11 is 0. The van der Waals surface area contributed by atoms with E-state index in [0.717, 1.165) is 11.1 Å². The lowest BCUT2D eigenvalue weighted by atomic mass is 10.1. The molecule has 1 aromatic rings. The van der Waals surface area contributed by atoms with E-state index in [0.29, 0.717) is 13.1 Å². The van der Waals surface area contributed by atoms with Gasteiger partial charge in [-0.25, -0.2) is 0 Å². The highest BCUT2D eigenvalue weighted by Crippen LogP contribution is 2.19. The van der Waals surface area contributed by atoms with E-state index in [1.165, 1.54) is 0 Å². The van der Waals surface area contributed by atoms with E-state index in [-0.39, 0.29) is 11.7 Å². The van der Waals surface area contributed by atoms with E-state index in [4.69, 9.17) is 0 Å². The average molecular weight is 222 g/mol. The second kappa shape index (κ2) is 5.51. The fraction of sp³-hybridized carbons (Fsp3) is 0.417. The number of phenolic OH excluding ortho intramolecular Hbond substituents is 1. The molecule has 1 aromatic carbocycles. The number of amides is 1. The number of hydrogen-bond acceptors (Lipinski definition) is 3. The van der Waals surface area contributed by atoms with E-state index < -0.39 is 0 Å². The molecule has 0 aliphatic rings. The van der Waals surface area contributed by atoms with Crippen molar-refractivity contribution in [2.45, 2.75) is 13.5 Å². The van der Waals surface area contributed by atoms with Crippen molar-refractivity contribution < 1.29 is 9.90 Å². The van der Waals surface area contributed by atoms with Crippen LogP contribution in [0.25, 0.3) is 0 Å². The van der Waals surface area contributed by atoms with E-state index in [1.807, 2.05) is 31.0 Å². The molecule has 0 aliphatic carbocycles. The van der Waals surface area contributed by atoms with E-state index in [2.05, 4.69) is 5.32 Å². The van der Waals surface area contributed by atoms with Gasteiger partial charge in [-0.05, 0) is 20.0 Å². The van der Waals surface area contributed by atoms with Crippen molar-refractivity contribution >= 4 is 5.91 Å². The zero-order chi connectivity index (χ0) is 12.1. The van der Waals surface area contributed by atoms with Gasteiger partial charge in [0.25, 0.3) is 0 Å². The highest BCUT2D eigenvalue weighted by atomic mass is 16.3. The Bertz CT molecular complexity index is 377. The van der Waals surface area contributed by atoms with Gasteiger partial charge in [-0.15, -0.1) is 0 Å². The van der Waals surface area contributed by atoms with Crippen molar-refractivity contribution in [1.82, 2.24) is 10.2 Å². The summed E-state index contributed by atoms with van der Waals surface area (Å²) < 4.78 is 0. The molecule has 88 valence electrons. The number of phenols is 1. The summed E-state index contributed by atoms with van der Waals surface area (Å²) in [5.41, 5.74) is 1.94. The summed E-state index contributed by atoms with van der Waals surface area (Å²) in [6.45, 7) is 2.85. The van der Waals surface area contributed by atoms with Crippen LogP contribution in [0.3, 0.4) is 0 Å². The quantitative estimate of drug-likeness (QED) is 0.795. The van der Waals surface area contributed by atoms with E-state index in [9.17, 15) is 9.90 Å². The number of likely N-dealkylation sites (N-methyl/N-ethyl adjacent to an activating group) is 2. The van der Waals surface area contributed by atoms with Gasteiger partial charge < -0.3 is 10.4 Å². The lowest BCUT2D eigenvalue weighted by molar-refractivity contribution is -0.121. The topological polar surface area (TPSA) is 52.6 Å². The third-order valence-electron chi connectivity index (χ3n) is 2.37. The Kier molecular flexibility index (Phi) is 4.31. The van der Waals surface area contributed by atoms with Crippen molar-refractivity contribution in [1.29, 1.82) is 0 Å². The molecule has 0 atom stereocenters. The Morgan fingerprint density at radius 1 is 1.50 bits per heavy atom. The summed E-state index contributed by atoms with van der Waals surface area (Å²) in [5.74, 6) is 0.240. The van der Waals surface area contributed by atoms with Crippen molar-refractivity contribution in [3.8, 4) is 5.75 Å². The standard InChI is InChI=1S/C12H18N2O2/c1-9-4-5-11(15)10(6-9)7-14(3)8-12(16)13-2/h4-6,15H,7-8H2,1-3H3,(H,13,16). The van der Waals surface area contributed by atoms with E-state index >= 15 is 0 Å².